The van der Waals surface area contributed by atoms with Crippen LogP contribution in [0.3, 0.4) is 0 Å². The van der Waals surface area contributed by atoms with Crippen LogP contribution in [0.25, 0.3) is 0 Å². The molecule has 0 aliphatic heterocycles. The van der Waals surface area contributed by atoms with Crippen molar-refractivity contribution < 1.29 is 17.9 Å². The van der Waals surface area contributed by atoms with E-state index in [0.29, 0.717) is 35.2 Å². The van der Waals surface area contributed by atoms with E-state index in [1.54, 1.807) is 6.07 Å². The molecule has 1 rings (SSSR count). The number of halogens is 1. The van der Waals surface area contributed by atoms with Gasteiger partial charge in [0.25, 0.3) is 0 Å². The molecule has 0 bridgehead atoms. The van der Waals surface area contributed by atoms with Gasteiger partial charge < -0.3 is 14.8 Å². The first-order valence-electron chi connectivity index (χ1n) is 6.56. The first kappa shape index (κ1) is 17.9. The standard InChI is InChI=1S/C13H21ClN2O4S/c1-4-15-6-5-7-21(17,18)16-11-8-10(14)12(19-2)9-13(11)20-3/h8-9,15-16H,4-7H2,1-3H3. The lowest BCUT2D eigenvalue weighted by molar-refractivity contribution is 0.396. The lowest BCUT2D eigenvalue weighted by Gasteiger charge is -2.14. The third-order valence-electron chi connectivity index (χ3n) is 2.76. The number of nitrogens with one attached hydrogen (secondary N) is 2. The van der Waals surface area contributed by atoms with Crippen molar-refractivity contribution in [2.24, 2.45) is 0 Å². The van der Waals surface area contributed by atoms with E-state index in [-0.39, 0.29) is 5.75 Å². The average molecular weight is 337 g/mol. The minimum atomic E-state index is -3.45. The molecule has 1 aromatic carbocycles. The summed E-state index contributed by atoms with van der Waals surface area (Å²) in [4.78, 5) is 0. The third-order valence-corrected chi connectivity index (χ3v) is 4.41. The van der Waals surface area contributed by atoms with Crippen LogP contribution in [0.4, 0.5) is 5.69 Å². The summed E-state index contributed by atoms with van der Waals surface area (Å²) in [5.74, 6) is 0.794. The Bertz CT molecular complexity index is 564. The molecule has 0 saturated heterocycles. The van der Waals surface area contributed by atoms with Crippen LogP contribution in [-0.4, -0.2) is 41.5 Å². The molecule has 1 aromatic rings. The molecule has 0 radical (unpaired) electrons. The maximum atomic E-state index is 12.0. The highest BCUT2D eigenvalue weighted by molar-refractivity contribution is 7.92. The second-order valence-corrected chi connectivity index (χ2v) is 6.56. The number of hydrogen-bond acceptors (Lipinski definition) is 5. The molecule has 2 N–H and O–H groups in total. The fourth-order valence-electron chi connectivity index (χ4n) is 1.72. The molecule has 0 unspecified atom stereocenters. The molecule has 0 amide bonds. The van der Waals surface area contributed by atoms with Crippen LogP contribution in [0.15, 0.2) is 12.1 Å². The van der Waals surface area contributed by atoms with Gasteiger partial charge in [0.2, 0.25) is 10.0 Å². The summed E-state index contributed by atoms with van der Waals surface area (Å²) < 4.78 is 36.8. The van der Waals surface area contributed by atoms with Gasteiger partial charge in [0.15, 0.2) is 0 Å². The Morgan fingerprint density at radius 1 is 1.19 bits per heavy atom. The summed E-state index contributed by atoms with van der Waals surface area (Å²) >= 11 is 6.01. The first-order chi connectivity index (χ1) is 9.93. The first-order valence-corrected chi connectivity index (χ1v) is 8.59. The zero-order valence-electron chi connectivity index (χ0n) is 12.4. The summed E-state index contributed by atoms with van der Waals surface area (Å²) in [6.45, 7) is 3.43. The zero-order chi connectivity index (χ0) is 15.9. The summed E-state index contributed by atoms with van der Waals surface area (Å²) in [6.07, 6.45) is 0.523. The molecule has 0 saturated carbocycles. The molecule has 0 aliphatic carbocycles. The van der Waals surface area contributed by atoms with Crippen LogP contribution in [0, 0.1) is 0 Å². The average Bonchev–Trinajstić information content (AvgIpc) is 2.43. The van der Waals surface area contributed by atoms with Crippen LogP contribution < -0.4 is 19.5 Å². The monoisotopic (exact) mass is 336 g/mol. The van der Waals surface area contributed by atoms with E-state index < -0.39 is 10.0 Å². The Balaban J connectivity index is 2.83. The third kappa shape index (κ3) is 5.61. The molecule has 0 aliphatic rings. The number of benzene rings is 1. The normalized spacial score (nSPS) is 11.2. The minimum Gasteiger partial charge on any atom is -0.495 e. The molecule has 0 aromatic heterocycles. The number of ether oxygens (including phenoxy) is 2. The van der Waals surface area contributed by atoms with Crippen molar-refractivity contribution in [1.82, 2.24) is 5.32 Å². The minimum absolute atomic E-state index is 0.0206. The van der Waals surface area contributed by atoms with Crippen molar-refractivity contribution >= 4 is 27.3 Å². The summed E-state index contributed by atoms with van der Waals surface area (Å²) in [5.41, 5.74) is 0.298. The van der Waals surface area contributed by atoms with E-state index >= 15 is 0 Å². The number of anilines is 1. The Morgan fingerprint density at radius 2 is 1.86 bits per heavy atom. The highest BCUT2D eigenvalue weighted by Crippen LogP contribution is 2.36. The van der Waals surface area contributed by atoms with Crippen molar-refractivity contribution in [3.8, 4) is 11.5 Å². The van der Waals surface area contributed by atoms with Gasteiger partial charge in [0, 0.05) is 6.07 Å². The van der Waals surface area contributed by atoms with Gasteiger partial charge in [-0.15, -0.1) is 0 Å². The predicted octanol–water partition coefficient (Wildman–Crippen LogP) is 2.10. The lowest BCUT2D eigenvalue weighted by Crippen LogP contribution is -2.22. The molecule has 0 spiro atoms. The van der Waals surface area contributed by atoms with E-state index in [1.807, 2.05) is 6.92 Å². The van der Waals surface area contributed by atoms with Gasteiger partial charge in [-0.2, -0.15) is 0 Å². The quantitative estimate of drug-likeness (QED) is 0.675. The molecule has 21 heavy (non-hydrogen) atoms. The number of methoxy groups -OCH3 is 2. The van der Waals surface area contributed by atoms with E-state index in [9.17, 15) is 8.42 Å². The Morgan fingerprint density at radius 3 is 2.43 bits per heavy atom. The van der Waals surface area contributed by atoms with E-state index in [1.165, 1.54) is 20.3 Å². The van der Waals surface area contributed by atoms with Gasteiger partial charge in [0.05, 0.1) is 30.7 Å². The van der Waals surface area contributed by atoms with Crippen LogP contribution in [-0.2, 0) is 10.0 Å². The molecule has 120 valence electrons. The summed E-state index contributed by atoms with van der Waals surface area (Å²) in [7, 11) is -0.526. The van der Waals surface area contributed by atoms with Crippen LogP contribution in [0.5, 0.6) is 11.5 Å². The Hall–Kier alpha value is -1.18. The molecule has 6 nitrogen and oxygen atoms in total. The molecular formula is C13H21ClN2O4S. The second-order valence-electron chi connectivity index (χ2n) is 4.32. The topological polar surface area (TPSA) is 76.7 Å². The SMILES string of the molecule is CCNCCCS(=O)(=O)Nc1cc(Cl)c(OC)cc1OC. The highest BCUT2D eigenvalue weighted by Gasteiger charge is 2.16. The predicted molar refractivity (Wildman–Crippen MR) is 85.1 cm³/mol. The largest absolute Gasteiger partial charge is 0.495 e. The van der Waals surface area contributed by atoms with Crippen LogP contribution >= 0.6 is 11.6 Å². The van der Waals surface area contributed by atoms with Crippen molar-refractivity contribution in [2.75, 3.05) is 37.8 Å². The Kier molecular flexibility index (Phi) is 7.07. The molecule has 0 fully saturated rings. The van der Waals surface area contributed by atoms with Gasteiger partial charge in [0.1, 0.15) is 11.5 Å². The fraction of sp³-hybridized carbons (Fsp3) is 0.538. The Labute approximate surface area is 130 Å². The number of rotatable bonds is 9. The van der Waals surface area contributed by atoms with Crippen molar-refractivity contribution in [1.29, 1.82) is 0 Å². The van der Waals surface area contributed by atoms with Crippen molar-refractivity contribution in [3.05, 3.63) is 17.2 Å². The van der Waals surface area contributed by atoms with Gasteiger partial charge in [-0.05, 0) is 25.6 Å². The van der Waals surface area contributed by atoms with Gasteiger partial charge in [-0.1, -0.05) is 18.5 Å². The maximum absolute atomic E-state index is 12.0. The van der Waals surface area contributed by atoms with Gasteiger partial charge in [-0.3, -0.25) is 4.72 Å². The van der Waals surface area contributed by atoms with Crippen LogP contribution in [0.1, 0.15) is 13.3 Å². The van der Waals surface area contributed by atoms with Crippen molar-refractivity contribution in [2.45, 2.75) is 13.3 Å². The van der Waals surface area contributed by atoms with Crippen LogP contribution in [0.2, 0.25) is 5.02 Å². The van der Waals surface area contributed by atoms with E-state index in [4.69, 9.17) is 21.1 Å². The lowest BCUT2D eigenvalue weighted by atomic mass is 10.3. The summed E-state index contributed by atoms with van der Waals surface area (Å²) in [6, 6.07) is 3.01. The van der Waals surface area contributed by atoms with E-state index in [0.717, 1.165) is 6.54 Å². The molecule has 8 heteroatoms. The zero-order valence-corrected chi connectivity index (χ0v) is 14.0. The van der Waals surface area contributed by atoms with Gasteiger partial charge >= 0.3 is 0 Å². The summed E-state index contributed by atoms with van der Waals surface area (Å²) in [5, 5.41) is 3.39. The maximum Gasteiger partial charge on any atom is 0.232 e. The molecular weight excluding hydrogens is 316 g/mol. The second kappa shape index (κ2) is 8.31. The number of hydrogen-bond donors (Lipinski definition) is 2. The number of sulfonamides is 1. The molecule has 0 atom stereocenters. The molecule has 0 heterocycles. The highest BCUT2D eigenvalue weighted by atomic mass is 35.5. The van der Waals surface area contributed by atoms with Gasteiger partial charge in [-0.25, -0.2) is 8.42 Å². The van der Waals surface area contributed by atoms with E-state index in [2.05, 4.69) is 10.0 Å². The van der Waals surface area contributed by atoms with Crippen molar-refractivity contribution in [3.63, 3.8) is 0 Å². The fourth-order valence-corrected chi connectivity index (χ4v) is 3.08. The smallest absolute Gasteiger partial charge is 0.232 e.